The predicted octanol–water partition coefficient (Wildman–Crippen LogP) is -0.299. The van der Waals surface area contributed by atoms with Crippen molar-refractivity contribution >= 4 is 23.9 Å². The number of ether oxygens (including phenoxy) is 5. The summed E-state index contributed by atoms with van der Waals surface area (Å²) in [5.74, 6) is -2.68. The van der Waals surface area contributed by atoms with Gasteiger partial charge in [0.15, 0.2) is 12.2 Å². The zero-order valence-electron chi connectivity index (χ0n) is 12.7. The van der Waals surface area contributed by atoms with E-state index in [4.69, 9.17) is 23.7 Å². The second-order valence-corrected chi connectivity index (χ2v) is 4.61. The highest BCUT2D eigenvalue weighted by Crippen LogP contribution is 2.25. The summed E-state index contributed by atoms with van der Waals surface area (Å²) in [7, 11) is 0. The SMILES string of the molecule is CC(=O)OC1OC[C@H](OC(C)=O)[C@H](OC(C)=O)[C@@H]1OC(C)=O. The molecule has 0 aliphatic carbocycles. The Morgan fingerprint density at radius 2 is 1.18 bits per heavy atom. The van der Waals surface area contributed by atoms with Crippen LogP contribution >= 0.6 is 0 Å². The minimum Gasteiger partial charge on any atom is -0.456 e. The minimum atomic E-state index is -1.27. The van der Waals surface area contributed by atoms with Crippen molar-refractivity contribution < 1.29 is 42.9 Å². The van der Waals surface area contributed by atoms with Crippen molar-refractivity contribution in [3.63, 3.8) is 0 Å². The highest BCUT2D eigenvalue weighted by Gasteiger charge is 2.48. The van der Waals surface area contributed by atoms with E-state index in [-0.39, 0.29) is 6.61 Å². The molecule has 0 aromatic rings. The van der Waals surface area contributed by atoms with E-state index in [9.17, 15) is 19.2 Å². The van der Waals surface area contributed by atoms with Crippen molar-refractivity contribution in [2.75, 3.05) is 6.61 Å². The summed E-state index contributed by atoms with van der Waals surface area (Å²) in [6, 6.07) is 0. The van der Waals surface area contributed by atoms with Crippen LogP contribution in [-0.2, 0) is 42.9 Å². The van der Waals surface area contributed by atoms with Crippen molar-refractivity contribution in [3.05, 3.63) is 0 Å². The van der Waals surface area contributed by atoms with E-state index in [1.165, 1.54) is 6.92 Å². The molecule has 9 nitrogen and oxygen atoms in total. The van der Waals surface area contributed by atoms with Crippen LogP contribution in [0.5, 0.6) is 0 Å². The first kappa shape index (κ1) is 17.9. The molecule has 1 aliphatic rings. The molecule has 1 fully saturated rings. The molecule has 0 amide bonds. The standard InChI is InChI=1S/C13H18O9/c1-6(14)19-10-5-18-13(22-9(4)17)12(21-8(3)16)11(10)20-7(2)15/h10-13H,5H2,1-4H3/t10-,11-,12-,13?/m0/s1. The summed E-state index contributed by atoms with van der Waals surface area (Å²) >= 11 is 0. The van der Waals surface area contributed by atoms with Gasteiger partial charge in [-0.2, -0.15) is 0 Å². The van der Waals surface area contributed by atoms with Gasteiger partial charge in [-0.05, 0) is 0 Å². The summed E-state index contributed by atoms with van der Waals surface area (Å²) in [6.45, 7) is 4.40. The van der Waals surface area contributed by atoms with Crippen LogP contribution < -0.4 is 0 Å². The maximum absolute atomic E-state index is 11.3. The van der Waals surface area contributed by atoms with Crippen molar-refractivity contribution in [3.8, 4) is 0 Å². The first-order chi connectivity index (χ1) is 10.2. The Labute approximate surface area is 126 Å². The normalized spacial score (nSPS) is 27.5. The molecular formula is C13H18O9. The van der Waals surface area contributed by atoms with Crippen LogP contribution in [-0.4, -0.2) is 55.1 Å². The highest BCUT2D eigenvalue weighted by molar-refractivity contribution is 5.69. The molecule has 0 bridgehead atoms. The molecule has 9 heteroatoms. The average molecular weight is 318 g/mol. The van der Waals surface area contributed by atoms with Gasteiger partial charge in [-0.25, -0.2) is 0 Å². The van der Waals surface area contributed by atoms with Crippen LogP contribution in [0.1, 0.15) is 27.7 Å². The van der Waals surface area contributed by atoms with E-state index in [1.54, 1.807) is 0 Å². The molecule has 0 aromatic carbocycles. The first-order valence-electron chi connectivity index (χ1n) is 6.51. The summed E-state index contributed by atoms with van der Waals surface area (Å²) in [5.41, 5.74) is 0. The van der Waals surface area contributed by atoms with Crippen LogP contribution in [0.4, 0.5) is 0 Å². The first-order valence-corrected chi connectivity index (χ1v) is 6.51. The minimum absolute atomic E-state index is 0.187. The van der Waals surface area contributed by atoms with E-state index in [0.717, 1.165) is 20.8 Å². The largest absolute Gasteiger partial charge is 0.456 e. The zero-order chi connectivity index (χ0) is 16.9. The van der Waals surface area contributed by atoms with Gasteiger partial charge in [-0.15, -0.1) is 0 Å². The monoisotopic (exact) mass is 318 g/mol. The van der Waals surface area contributed by atoms with Crippen LogP contribution in [0.15, 0.2) is 0 Å². The molecule has 0 aromatic heterocycles. The van der Waals surface area contributed by atoms with Crippen molar-refractivity contribution in [2.45, 2.75) is 52.3 Å². The molecule has 124 valence electrons. The Hall–Kier alpha value is -2.16. The second kappa shape index (κ2) is 7.74. The summed E-state index contributed by atoms with van der Waals surface area (Å²) in [6.07, 6.45) is -4.65. The van der Waals surface area contributed by atoms with E-state index in [0.29, 0.717) is 0 Å². The second-order valence-electron chi connectivity index (χ2n) is 4.61. The van der Waals surface area contributed by atoms with Crippen LogP contribution in [0.25, 0.3) is 0 Å². The Morgan fingerprint density at radius 1 is 0.727 bits per heavy atom. The molecule has 0 spiro atoms. The molecule has 4 atom stereocenters. The number of esters is 4. The maximum atomic E-state index is 11.3. The fourth-order valence-corrected chi connectivity index (χ4v) is 1.97. The van der Waals surface area contributed by atoms with Gasteiger partial charge in [0, 0.05) is 27.7 Å². The zero-order valence-corrected chi connectivity index (χ0v) is 12.7. The molecule has 1 rings (SSSR count). The Morgan fingerprint density at radius 3 is 1.64 bits per heavy atom. The fourth-order valence-electron chi connectivity index (χ4n) is 1.97. The number of hydrogen-bond donors (Lipinski definition) is 0. The van der Waals surface area contributed by atoms with Gasteiger partial charge in [-0.3, -0.25) is 19.2 Å². The third kappa shape index (κ3) is 5.32. The van der Waals surface area contributed by atoms with Crippen LogP contribution in [0.2, 0.25) is 0 Å². The fraction of sp³-hybridized carbons (Fsp3) is 0.692. The van der Waals surface area contributed by atoms with Gasteiger partial charge in [0.05, 0.1) is 6.61 Å². The van der Waals surface area contributed by atoms with Crippen molar-refractivity contribution in [2.24, 2.45) is 0 Å². The van der Waals surface area contributed by atoms with Gasteiger partial charge >= 0.3 is 23.9 Å². The molecular weight excluding hydrogens is 300 g/mol. The molecule has 1 heterocycles. The molecule has 0 N–H and O–H groups in total. The summed E-state index contributed by atoms with van der Waals surface area (Å²) in [4.78, 5) is 44.7. The van der Waals surface area contributed by atoms with Crippen LogP contribution in [0, 0.1) is 0 Å². The Balaban J connectivity index is 3.03. The smallest absolute Gasteiger partial charge is 0.305 e. The number of hydrogen-bond acceptors (Lipinski definition) is 9. The number of carbonyl (C=O) groups is 4. The van der Waals surface area contributed by atoms with Crippen LogP contribution in [0.3, 0.4) is 0 Å². The summed E-state index contributed by atoms with van der Waals surface area (Å²) < 4.78 is 25.2. The quantitative estimate of drug-likeness (QED) is 0.509. The van der Waals surface area contributed by atoms with Crippen molar-refractivity contribution in [1.29, 1.82) is 0 Å². The predicted molar refractivity (Wildman–Crippen MR) is 68.2 cm³/mol. The lowest BCUT2D eigenvalue weighted by Crippen LogP contribution is -2.58. The Bertz CT molecular complexity index is 416. The topological polar surface area (TPSA) is 114 Å². The third-order valence-electron chi connectivity index (χ3n) is 2.59. The molecule has 1 aliphatic heterocycles. The van der Waals surface area contributed by atoms with Gasteiger partial charge in [-0.1, -0.05) is 0 Å². The van der Waals surface area contributed by atoms with Crippen molar-refractivity contribution in [1.82, 2.24) is 0 Å². The maximum Gasteiger partial charge on any atom is 0.305 e. The number of carbonyl (C=O) groups excluding carboxylic acids is 4. The molecule has 1 unspecified atom stereocenters. The van der Waals surface area contributed by atoms with E-state index < -0.39 is 48.5 Å². The van der Waals surface area contributed by atoms with E-state index in [2.05, 4.69) is 0 Å². The molecule has 22 heavy (non-hydrogen) atoms. The van der Waals surface area contributed by atoms with Gasteiger partial charge < -0.3 is 23.7 Å². The third-order valence-corrected chi connectivity index (χ3v) is 2.59. The molecule has 0 saturated carbocycles. The molecule has 0 radical (unpaired) electrons. The van der Waals surface area contributed by atoms with E-state index in [1.807, 2.05) is 0 Å². The van der Waals surface area contributed by atoms with Gasteiger partial charge in [0.25, 0.3) is 0 Å². The lowest BCUT2D eigenvalue weighted by molar-refractivity contribution is -0.273. The number of rotatable bonds is 4. The highest BCUT2D eigenvalue weighted by atomic mass is 16.7. The lowest BCUT2D eigenvalue weighted by atomic mass is 10.0. The van der Waals surface area contributed by atoms with Gasteiger partial charge in [0.2, 0.25) is 12.4 Å². The lowest BCUT2D eigenvalue weighted by Gasteiger charge is -2.39. The van der Waals surface area contributed by atoms with Gasteiger partial charge in [0.1, 0.15) is 0 Å². The molecule has 1 saturated heterocycles. The average Bonchev–Trinajstić information content (AvgIpc) is 2.34. The Kier molecular flexibility index (Phi) is 6.29. The summed E-state index contributed by atoms with van der Waals surface area (Å²) in [5, 5.41) is 0. The van der Waals surface area contributed by atoms with E-state index >= 15 is 0 Å².